The molecular formula is C17H29N5. The normalized spacial score (nSPS) is 23.3. The third-order valence-corrected chi connectivity index (χ3v) is 4.98. The fourth-order valence-corrected chi connectivity index (χ4v) is 2.98. The van der Waals surface area contributed by atoms with Gasteiger partial charge in [0.2, 0.25) is 0 Å². The number of aliphatic imine (C=N–C) groups is 1. The van der Waals surface area contributed by atoms with Crippen molar-refractivity contribution >= 4 is 5.96 Å². The van der Waals surface area contributed by atoms with Crippen molar-refractivity contribution in [3.63, 3.8) is 0 Å². The first-order valence-corrected chi connectivity index (χ1v) is 8.53. The Morgan fingerprint density at radius 1 is 1.50 bits per heavy atom. The number of hydrogen-bond donors (Lipinski definition) is 2. The average Bonchev–Trinajstić information content (AvgIpc) is 3.07. The highest BCUT2D eigenvalue weighted by Crippen LogP contribution is 2.43. The molecule has 1 unspecified atom stereocenters. The topological polar surface area (TPSA) is 54.2 Å². The van der Waals surface area contributed by atoms with Gasteiger partial charge in [-0.25, -0.2) is 0 Å². The van der Waals surface area contributed by atoms with Crippen molar-refractivity contribution in [3.05, 3.63) is 17.5 Å². The molecular weight excluding hydrogens is 274 g/mol. The van der Waals surface area contributed by atoms with E-state index >= 15 is 0 Å². The number of guanidine groups is 1. The van der Waals surface area contributed by atoms with E-state index in [0.717, 1.165) is 31.8 Å². The molecule has 1 saturated carbocycles. The standard InChI is InChI=1S/C17H29N5/c1-12(2)22-10-13-5-6-14(9-15(13)21-22)20-16(18-4)19-11-17(3)7-8-17/h10,12,14H,5-9,11H2,1-4H3,(H2,18,19,20). The maximum absolute atomic E-state index is 4.75. The molecule has 1 heterocycles. The van der Waals surface area contributed by atoms with Gasteiger partial charge < -0.3 is 10.6 Å². The van der Waals surface area contributed by atoms with Crippen LogP contribution in [0.5, 0.6) is 0 Å². The van der Waals surface area contributed by atoms with Gasteiger partial charge in [-0.3, -0.25) is 9.67 Å². The van der Waals surface area contributed by atoms with Gasteiger partial charge in [-0.2, -0.15) is 5.10 Å². The van der Waals surface area contributed by atoms with E-state index in [-0.39, 0.29) is 0 Å². The Morgan fingerprint density at radius 2 is 2.27 bits per heavy atom. The van der Waals surface area contributed by atoms with Crippen molar-refractivity contribution in [2.45, 2.75) is 65.0 Å². The van der Waals surface area contributed by atoms with Crippen molar-refractivity contribution in [2.75, 3.05) is 13.6 Å². The molecule has 1 aromatic rings. The van der Waals surface area contributed by atoms with Crippen LogP contribution in [0.4, 0.5) is 0 Å². The first-order valence-electron chi connectivity index (χ1n) is 8.53. The molecule has 0 aliphatic heterocycles. The molecule has 1 aromatic heterocycles. The van der Waals surface area contributed by atoms with Gasteiger partial charge in [0.25, 0.3) is 0 Å². The molecule has 1 fully saturated rings. The summed E-state index contributed by atoms with van der Waals surface area (Å²) in [6, 6.07) is 0.868. The molecule has 5 heteroatoms. The quantitative estimate of drug-likeness (QED) is 0.663. The zero-order valence-electron chi connectivity index (χ0n) is 14.3. The van der Waals surface area contributed by atoms with Gasteiger partial charge >= 0.3 is 0 Å². The van der Waals surface area contributed by atoms with E-state index < -0.39 is 0 Å². The lowest BCUT2D eigenvalue weighted by molar-refractivity contribution is 0.492. The van der Waals surface area contributed by atoms with Crippen LogP contribution in [-0.2, 0) is 12.8 Å². The minimum Gasteiger partial charge on any atom is -0.356 e. The summed E-state index contributed by atoms with van der Waals surface area (Å²) in [4.78, 5) is 4.37. The van der Waals surface area contributed by atoms with Gasteiger partial charge in [-0.1, -0.05) is 6.92 Å². The number of rotatable bonds is 4. The van der Waals surface area contributed by atoms with Gasteiger partial charge in [0.1, 0.15) is 0 Å². The number of nitrogens with zero attached hydrogens (tertiary/aromatic N) is 3. The smallest absolute Gasteiger partial charge is 0.191 e. The molecule has 3 rings (SSSR count). The Morgan fingerprint density at radius 3 is 2.91 bits per heavy atom. The fraction of sp³-hybridized carbons (Fsp3) is 0.765. The van der Waals surface area contributed by atoms with E-state index in [2.05, 4.69) is 47.3 Å². The van der Waals surface area contributed by atoms with Crippen LogP contribution in [0, 0.1) is 5.41 Å². The Balaban J connectivity index is 1.56. The van der Waals surface area contributed by atoms with Gasteiger partial charge in [0.15, 0.2) is 5.96 Å². The summed E-state index contributed by atoms with van der Waals surface area (Å²) in [5.41, 5.74) is 3.16. The monoisotopic (exact) mass is 303 g/mol. The van der Waals surface area contributed by atoms with Gasteiger partial charge in [-0.15, -0.1) is 0 Å². The molecule has 1 atom stereocenters. The minimum absolute atomic E-state index is 0.432. The Bertz CT molecular complexity index is 553. The highest BCUT2D eigenvalue weighted by Gasteiger charge is 2.37. The predicted molar refractivity (Wildman–Crippen MR) is 90.3 cm³/mol. The van der Waals surface area contributed by atoms with Gasteiger partial charge in [0, 0.05) is 38.3 Å². The molecule has 22 heavy (non-hydrogen) atoms. The number of aryl methyl sites for hydroxylation is 1. The van der Waals surface area contributed by atoms with Crippen molar-refractivity contribution in [1.29, 1.82) is 0 Å². The largest absolute Gasteiger partial charge is 0.356 e. The van der Waals surface area contributed by atoms with Crippen LogP contribution in [0.25, 0.3) is 0 Å². The third kappa shape index (κ3) is 3.45. The van der Waals surface area contributed by atoms with E-state index in [1.165, 1.54) is 24.1 Å². The van der Waals surface area contributed by atoms with E-state index in [9.17, 15) is 0 Å². The van der Waals surface area contributed by atoms with E-state index in [1.807, 2.05) is 7.05 Å². The molecule has 122 valence electrons. The summed E-state index contributed by atoms with van der Waals surface area (Å²) >= 11 is 0. The van der Waals surface area contributed by atoms with Gasteiger partial charge in [-0.05, 0) is 50.5 Å². The lowest BCUT2D eigenvalue weighted by atomic mass is 9.94. The summed E-state index contributed by atoms with van der Waals surface area (Å²) in [6.07, 6.45) is 8.13. The molecule has 0 aromatic carbocycles. The van der Waals surface area contributed by atoms with Crippen LogP contribution in [0.1, 0.15) is 57.3 Å². The van der Waals surface area contributed by atoms with Crippen LogP contribution in [-0.4, -0.2) is 35.4 Å². The van der Waals surface area contributed by atoms with Crippen molar-refractivity contribution in [1.82, 2.24) is 20.4 Å². The van der Waals surface area contributed by atoms with Crippen LogP contribution < -0.4 is 10.6 Å². The Labute approximate surface area is 133 Å². The summed E-state index contributed by atoms with van der Waals surface area (Å²) in [5.74, 6) is 0.935. The molecule has 0 spiro atoms. The molecule has 2 aliphatic rings. The molecule has 2 aliphatic carbocycles. The molecule has 2 N–H and O–H groups in total. The summed E-state index contributed by atoms with van der Waals surface area (Å²) in [7, 11) is 1.85. The maximum Gasteiger partial charge on any atom is 0.191 e. The first-order chi connectivity index (χ1) is 10.5. The van der Waals surface area contributed by atoms with Crippen LogP contribution in [0.15, 0.2) is 11.2 Å². The summed E-state index contributed by atoms with van der Waals surface area (Å²) in [5, 5.41) is 11.8. The number of aromatic nitrogens is 2. The highest BCUT2D eigenvalue weighted by molar-refractivity contribution is 5.80. The Kier molecular flexibility index (Phi) is 4.15. The van der Waals surface area contributed by atoms with Crippen LogP contribution in [0.3, 0.4) is 0 Å². The lowest BCUT2D eigenvalue weighted by Crippen LogP contribution is -2.46. The summed E-state index contributed by atoms with van der Waals surface area (Å²) < 4.78 is 2.09. The molecule has 0 saturated heterocycles. The minimum atomic E-state index is 0.432. The van der Waals surface area contributed by atoms with E-state index in [0.29, 0.717) is 17.5 Å². The van der Waals surface area contributed by atoms with Crippen molar-refractivity contribution in [3.8, 4) is 0 Å². The predicted octanol–water partition coefficient (Wildman–Crippen LogP) is 2.29. The number of hydrogen-bond acceptors (Lipinski definition) is 2. The molecule has 0 radical (unpaired) electrons. The van der Waals surface area contributed by atoms with E-state index in [1.54, 1.807) is 0 Å². The van der Waals surface area contributed by atoms with Crippen molar-refractivity contribution in [2.24, 2.45) is 10.4 Å². The molecule has 0 bridgehead atoms. The lowest BCUT2D eigenvalue weighted by Gasteiger charge is -2.25. The zero-order chi connectivity index (χ0) is 15.7. The fourth-order valence-electron chi connectivity index (χ4n) is 2.98. The van der Waals surface area contributed by atoms with Crippen LogP contribution >= 0.6 is 0 Å². The second-order valence-corrected chi connectivity index (χ2v) is 7.50. The highest BCUT2D eigenvalue weighted by atomic mass is 15.3. The zero-order valence-corrected chi connectivity index (χ0v) is 14.3. The third-order valence-electron chi connectivity index (χ3n) is 4.98. The first kappa shape index (κ1) is 15.4. The second kappa shape index (κ2) is 5.94. The molecule has 0 amide bonds. The maximum atomic E-state index is 4.75. The van der Waals surface area contributed by atoms with Gasteiger partial charge in [0.05, 0.1) is 5.69 Å². The second-order valence-electron chi connectivity index (χ2n) is 7.50. The van der Waals surface area contributed by atoms with Crippen molar-refractivity contribution < 1.29 is 0 Å². The SMILES string of the molecule is CN=C(NCC1(C)CC1)NC1CCc2cn(C(C)C)nc2C1. The number of fused-ring (bicyclic) bond motifs is 1. The Hall–Kier alpha value is -1.52. The average molecular weight is 303 g/mol. The molecule has 5 nitrogen and oxygen atoms in total. The summed E-state index contributed by atoms with van der Waals surface area (Å²) in [6.45, 7) is 7.71. The van der Waals surface area contributed by atoms with Crippen LogP contribution in [0.2, 0.25) is 0 Å². The van der Waals surface area contributed by atoms with E-state index in [4.69, 9.17) is 5.10 Å². The number of nitrogens with one attached hydrogen (secondary N) is 2.